The minimum absolute atomic E-state index is 0.238. The Kier molecular flexibility index (Phi) is 5.07. The molecule has 4 aromatic rings. The Hall–Kier alpha value is -3.94. The average Bonchev–Trinajstić information content (AvgIpc) is 3.42. The first-order valence-corrected chi connectivity index (χ1v) is 9.05. The monoisotopic (exact) mass is 388 g/mol. The number of aryl methyl sites for hydroxylation is 1. The SMILES string of the molecule is COc1ccccc1-c1cc(C(=O)NCc2ccnc(-c3cnn(C)c3)c2)[nH]n1. The van der Waals surface area contributed by atoms with Crippen LogP contribution in [0.25, 0.3) is 22.5 Å². The van der Waals surface area contributed by atoms with Gasteiger partial charge in [-0.05, 0) is 35.9 Å². The van der Waals surface area contributed by atoms with Crippen LogP contribution in [-0.2, 0) is 13.6 Å². The van der Waals surface area contributed by atoms with E-state index in [9.17, 15) is 4.79 Å². The van der Waals surface area contributed by atoms with Gasteiger partial charge in [0.15, 0.2) is 0 Å². The van der Waals surface area contributed by atoms with Crippen molar-refractivity contribution in [3.63, 3.8) is 0 Å². The molecule has 0 spiro atoms. The molecule has 0 saturated carbocycles. The summed E-state index contributed by atoms with van der Waals surface area (Å²) < 4.78 is 7.08. The van der Waals surface area contributed by atoms with E-state index in [1.807, 2.05) is 49.6 Å². The molecule has 0 saturated heterocycles. The molecule has 0 aliphatic heterocycles. The number of benzene rings is 1. The largest absolute Gasteiger partial charge is 0.496 e. The van der Waals surface area contributed by atoms with Gasteiger partial charge in [0, 0.05) is 37.1 Å². The highest BCUT2D eigenvalue weighted by molar-refractivity contribution is 5.93. The molecule has 8 nitrogen and oxygen atoms in total. The van der Waals surface area contributed by atoms with Gasteiger partial charge in [-0.15, -0.1) is 0 Å². The molecule has 1 aromatic carbocycles. The number of hydrogen-bond donors (Lipinski definition) is 2. The van der Waals surface area contributed by atoms with E-state index >= 15 is 0 Å². The van der Waals surface area contributed by atoms with E-state index in [1.165, 1.54) is 0 Å². The van der Waals surface area contributed by atoms with Crippen molar-refractivity contribution in [1.29, 1.82) is 0 Å². The van der Waals surface area contributed by atoms with Crippen molar-refractivity contribution in [2.24, 2.45) is 7.05 Å². The number of rotatable bonds is 6. The summed E-state index contributed by atoms with van der Waals surface area (Å²) in [5, 5.41) is 14.1. The van der Waals surface area contributed by atoms with Crippen molar-refractivity contribution >= 4 is 5.91 Å². The van der Waals surface area contributed by atoms with Crippen molar-refractivity contribution in [2.75, 3.05) is 7.11 Å². The maximum absolute atomic E-state index is 12.5. The van der Waals surface area contributed by atoms with E-state index in [1.54, 1.807) is 30.3 Å². The minimum atomic E-state index is -0.238. The van der Waals surface area contributed by atoms with Crippen molar-refractivity contribution in [3.8, 4) is 28.3 Å². The lowest BCUT2D eigenvalue weighted by molar-refractivity contribution is 0.0946. The number of pyridine rings is 1. The molecule has 29 heavy (non-hydrogen) atoms. The van der Waals surface area contributed by atoms with Crippen LogP contribution in [0.1, 0.15) is 16.1 Å². The van der Waals surface area contributed by atoms with Crippen LogP contribution in [-0.4, -0.2) is 38.0 Å². The maximum atomic E-state index is 12.5. The molecule has 8 heteroatoms. The molecule has 0 aliphatic rings. The summed E-state index contributed by atoms with van der Waals surface area (Å²) >= 11 is 0. The molecule has 0 radical (unpaired) electrons. The van der Waals surface area contributed by atoms with Gasteiger partial charge in [0.25, 0.3) is 5.91 Å². The average molecular weight is 388 g/mol. The van der Waals surface area contributed by atoms with E-state index in [-0.39, 0.29) is 5.91 Å². The number of hydrogen-bond acceptors (Lipinski definition) is 5. The number of carbonyl (C=O) groups excluding carboxylic acids is 1. The fourth-order valence-corrected chi connectivity index (χ4v) is 3.01. The number of nitrogens with one attached hydrogen (secondary N) is 2. The summed E-state index contributed by atoms with van der Waals surface area (Å²) in [7, 11) is 3.46. The quantitative estimate of drug-likeness (QED) is 0.529. The second kappa shape index (κ2) is 7.97. The van der Waals surface area contributed by atoms with E-state index in [0.29, 0.717) is 23.7 Å². The van der Waals surface area contributed by atoms with Crippen LogP contribution in [0, 0.1) is 0 Å². The Balaban J connectivity index is 1.45. The molecule has 0 unspecified atom stereocenters. The lowest BCUT2D eigenvalue weighted by atomic mass is 10.1. The van der Waals surface area contributed by atoms with E-state index in [0.717, 1.165) is 22.4 Å². The molecule has 3 heterocycles. The third-order valence-electron chi connectivity index (χ3n) is 4.48. The number of nitrogens with zero attached hydrogens (tertiary/aromatic N) is 4. The zero-order valence-electron chi connectivity index (χ0n) is 16.1. The second-order valence-electron chi connectivity index (χ2n) is 6.50. The first kappa shape index (κ1) is 18.4. The standard InChI is InChI=1S/C21H20N6O2/c1-27-13-15(12-24-27)17-9-14(7-8-22-17)11-23-21(28)19-10-18(25-26-19)16-5-3-4-6-20(16)29-2/h3-10,12-13H,11H2,1-2H3,(H,23,28)(H,25,26). The van der Waals surface area contributed by atoms with Crippen LogP contribution in [0.5, 0.6) is 5.75 Å². The molecule has 146 valence electrons. The van der Waals surface area contributed by atoms with E-state index < -0.39 is 0 Å². The molecule has 0 atom stereocenters. The summed E-state index contributed by atoms with van der Waals surface area (Å²) in [6, 6.07) is 13.0. The third-order valence-corrected chi connectivity index (χ3v) is 4.48. The summed E-state index contributed by atoms with van der Waals surface area (Å²) in [5.74, 6) is 0.462. The highest BCUT2D eigenvalue weighted by Crippen LogP contribution is 2.28. The van der Waals surface area contributed by atoms with Gasteiger partial charge in [-0.1, -0.05) is 12.1 Å². The molecule has 4 rings (SSSR count). The van der Waals surface area contributed by atoms with Crippen molar-refractivity contribution < 1.29 is 9.53 Å². The lowest BCUT2D eigenvalue weighted by Gasteiger charge is -2.05. The normalized spacial score (nSPS) is 10.7. The molecule has 2 N–H and O–H groups in total. The molecular weight excluding hydrogens is 368 g/mol. The summed E-state index contributed by atoms with van der Waals surface area (Å²) in [5.41, 5.74) is 4.53. The lowest BCUT2D eigenvalue weighted by Crippen LogP contribution is -2.23. The zero-order chi connectivity index (χ0) is 20.2. The molecule has 0 fully saturated rings. The molecule has 0 bridgehead atoms. The van der Waals surface area contributed by atoms with Gasteiger partial charge in [-0.2, -0.15) is 10.2 Å². The first-order valence-electron chi connectivity index (χ1n) is 9.05. The van der Waals surface area contributed by atoms with Gasteiger partial charge in [0.1, 0.15) is 11.4 Å². The van der Waals surface area contributed by atoms with Crippen LogP contribution in [0.15, 0.2) is 61.1 Å². The summed E-state index contributed by atoms with van der Waals surface area (Å²) in [6.45, 7) is 0.373. The number of H-pyrrole nitrogens is 1. The van der Waals surface area contributed by atoms with E-state index in [4.69, 9.17) is 4.74 Å². The van der Waals surface area contributed by atoms with Crippen LogP contribution >= 0.6 is 0 Å². The van der Waals surface area contributed by atoms with Crippen molar-refractivity contribution in [3.05, 3.63) is 72.3 Å². The third kappa shape index (κ3) is 4.01. The Morgan fingerprint density at radius 2 is 2.07 bits per heavy atom. The van der Waals surface area contributed by atoms with Crippen LogP contribution in [0.4, 0.5) is 0 Å². The smallest absolute Gasteiger partial charge is 0.269 e. The highest BCUT2D eigenvalue weighted by atomic mass is 16.5. The Morgan fingerprint density at radius 3 is 2.86 bits per heavy atom. The van der Waals surface area contributed by atoms with Gasteiger partial charge < -0.3 is 10.1 Å². The number of para-hydroxylation sites is 1. The van der Waals surface area contributed by atoms with Gasteiger partial charge in [-0.3, -0.25) is 19.6 Å². The fourth-order valence-electron chi connectivity index (χ4n) is 3.01. The number of aromatic nitrogens is 5. The van der Waals surface area contributed by atoms with Gasteiger partial charge in [0.2, 0.25) is 0 Å². The summed E-state index contributed by atoms with van der Waals surface area (Å²) in [6.07, 6.45) is 5.38. The Labute approximate surface area is 167 Å². The molecule has 0 aliphatic carbocycles. The van der Waals surface area contributed by atoms with Gasteiger partial charge in [0.05, 0.1) is 24.7 Å². The first-order chi connectivity index (χ1) is 14.1. The second-order valence-corrected chi connectivity index (χ2v) is 6.50. The highest BCUT2D eigenvalue weighted by Gasteiger charge is 2.13. The number of amides is 1. The molecule has 1 amide bonds. The predicted octanol–water partition coefficient (Wildman–Crippen LogP) is 2.81. The van der Waals surface area contributed by atoms with Crippen LogP contribution in [0.3, 0.4) is 0 Å². The fraction of sp³-hybridized carbons (Fsp3) is 0.143. The van der Waals surface area contributed by atoms with Gasteiger partial charge >= 0.3 is 0 Å². The maximum Gasteiger partial charge on any atom is 0.269 e. The molecular formula is C21H20N6O2. The minimum Gasteiger partial charge on any atom is -0.496 e. The number of methoxy groups -OCH3 is 1. The molecule has 3 aromatic heterocycles. The van der Waals surface area contributed by atoms with Crippen molar-refractivity contribution in [2.45, 2.75) is 6.54 Å². The number of carbonyl (C=O) groups is 1. The Morgan fingerprint density at radius 1 is 1.21 bits per heavy atom. The van der Waals surface area contributed by atoms with Crippen LogP contribution < -0.4 is 10.1 Å². The van der Waals surface area contributed by atoms with E-state index in [2.05, 4.69) is 25.6 Å². The Bertz CT molecular complexity index is 1150. The zero-order valence-corrected chi connectivity index (χ0v) is 16.1. The topological polar surface area (TPSA) is 97.7 Å². The van der Waals surface area contributed by atoms with Crippen molar-refractivity contribution in [1.82, 2.24) is 30.3 Å². The van der Waals surface area contributed by atoms with Gasteiger partial charge in [-0.25, -0.2) is 0 Å². The summed E-state index contributed by atoms with van der Waals surface area (Å²) in [4.78, 5) is 16.9. The predicted molar refractivity (Wildman–Crippen MR) is 108 cm³/mol. The number of ether oxygens (including phenoxy) is 1. The van der Waals surface area contributed by atoms with Crippen LogP contribution in [0.2, 0.25) is 0 Å². The number of aromatic amines is 1.